The summed E-state index contributed by atoms with van der Waals surface area (Å²) >= 11 is 7.96. The fourth-order valence-electron chi connectivity index (χ4n) is 1.51. The molecule has 1 atom stereocenters. The van der Waals surface area contributed by atoms with Crippen LogP contribution in [0.25, 0.3) is 0 Å². The maximum Gasteiger partial charge on any atom is 0.253 e. The summed E-state index contributed by atoms with van der Waals surface area (Å²) in [7, 11) is 1.64. The van der Waals surface area contributed by atoms with Crippen molar-refractivity contribution in [2.24, 2.45) is 5.73 Å². The summed E-state index contributed by atoms with van der Waals surface area (Å²) in [5, 5.41) is 0. The quantitative estimate of drug-likeness (QED) is 0.862. The minimum Gasteiger partial charge on any atom is -0.393 e. The summed E-state index contributed by atoms with van der Waals surface area (Å²) in [6.45, 7) is 1.84. The Morgan fingerprint density at radius 2 is 2.17 bits per heavy atom. The second kappa shape index (κ2) is 6.24. The van der Waals surface area contributed by atoms with E-state index in [0.717, 1.165) is 0 Å². The van der Waals surface area contributed by atoms with Gasteiger partial charge in [0.1, 0.15) is 5.82 Å². The average molecular weight is 333 g/mol. The first-order valence-electron chi connectivity index (χ1n) is 5.33. The second-order valence-corrected chi connectivity index (χ2v) is 5.53. The van der Waals surface area contributed by atoms with E-state index in [1.165, 1.54) is 17.0 Å². The fourth-order valence-corrected chi connectivity index (χ4v) is 2.22. The Bertz CT molecular complexity index is 461. The van der Waals surface area contributed by atoms with E-state index in [0.29, 0.717) is 21.4 Å². The maximum absolute atomic E-state index is 13.2. The smallest absolute Gasteiger partial charge is 0.253 e. The van der Waals surface area contributed by atoms with Crippen LogP contribution in [0, 0.1) is 5.82 Å². The van der Waals surface area contributed by atoms with Gasteiger partial charge in [0.05, 0.1) is 4.99 Å². The molecule has 0 aromatic heterocycles. The zero-order valence-corrected chi connectivity index (χ0v) is 12.5. The third-order valence-corrected chi connectivity index (χ3v) is 3.21. The van der Waals surface area contributed by atoms with Gasteiger partial charge in [0.2, 0.25) is 0 Å². The second-order valence-electron chi connectivity index (χ2n) is 4.09. The Labute approximate surface area is 119 Å². The third kappa shape index (κ3) is 4.03. The van der Waals surface area contributed by atoms with Crippen molar-refractivity contribution in [1.29, 1.82) is 0 Å². The van der Waals surface area contributed by atoms with Crippen molar-refractivity contribution in [1.82, 2.24) is 4.90 Å². The molecule has 2 N–H and O–H groups in total. The number of benzene rings is 1. The molecule has 1 aromatic rings. The number of hydrogen-bond donors (Lipinski definition) is 1. The van der Waals surface area contributed by atoms with Crippen LogP contribution in [0.5, 0.6) is 0 Å². The Morgan fingerprint density at radius 3 is 2.67 bits per heavy atom. The Kier molecular flexibility index (Phi) is 5.22. The largest absolute Gasteiger partial charge is 0.393 e. The fraction of sp³-hybridized carbons (Fsp3) is 0.333. The first kappa shape index (κ1) is 15.0. The van der Waals surface area contributed by atoms with Gasteiger partial charge in [-0.05, 0) is 25.1 Å². The zero-order valence-electron chi connectivity index (χ0n) is 10.1. The van der Waals surface area contributed by atoms with E-state index in [-0.39, 0.29) is 11.9 Å². The van der Waals surface area contributed by atoms with E-state index in [1.54, 1.807) is 13.1 Å². The van der Waals surface area contributed by atoms with Gasteiger partial charge in [-0.2, -0.15) is 0 Å². The highest BCUT2D eigenvalue weighted by Crippen LogP contribution is 2.17. The normalized spacial score (nSPS) is 12.0. The van der Waals surface area contributed by atoms with Crippen molar-refractivity contribution in [3.63, 3.8) is 0 Å². The third-order valence-electron chi connectivity index (χ3n) is 2.59. The number of amides is 1. The summed E-state index contributed by atoms with van der Waals surface area (Å²) in [4.78, 5) is 14.0. The van der Waals surface area contributed by atoms with Crippen molar-refractivity contribution in [3.8, 4) is 0 Å². The summed E-state index contributed by atoms with van der Waals surface area (Å²) in [5.74, 6) is -0.720. The molecule has 0 bridgehead atoms. The SMILES string of the molecule is CC(CC(N)=S)N(C)C(=O)c1cc(F)cc(Br)c1. The van der Waals surface area contributed by atoms with Crippen molar-refractivity contribution < 1.29 is 9.18 Å². The molecule has 6 heteroatoms. The predicted molar refractivity (Wildman–Crippen MR) is 77.1 cm³/mol. The van der Waals surface area contributed by atoms with Gasteiger partial charge in [0, 0.05) is 29.5 Å². The van der Waals surface area contributed by atoms with Crippen LogP contribution in [-0.2, 0) is 0 Å². The number of hydrogen-bond acceptors (Lipinski definition) is 2. The van der Waals surface area contributed by atoms with Crippen molar-refractivity contribution in [2.75, 3.05) is 7.05 Å². The standard InChI is InChI=1S/C12H14BrFN2OS/c1-7(3-11(15)18)16(2)12(17)8-4-9(13)6-10(14)5-8/h4-7H,3H2,1-2H3,(H2,15,18). The first-order valence-corrected chi connectivity index (χ1v) is 6.53. The molecular weight excluding hydrogens is 319 g/mol. The number of nitrogens with two attached hydrogens (primary N) is 1. The van der Waals surface area contributed by atoms with Crippen molar-refractivity contribution in [3.05, 3.63) is 34.1 Å². The molecule has 0 fully saturated rings. The summed E-state index contributed by atoms with van der Waals surface area (Å²) in [6.07, 6.45) is 0.439. The minimum atomic E-state index is -0.455. The highest BCUT2D eigenvalue weighted by atomic mass is 79.9. The molecule has 18 heavy (non-hydrogen) atoms. The van der Waals surface area contributed by atoms with E-state index in [2.05, 4.69) is 15.9 Å². The van der Waals surface area contributed by atoms with Gasteiger partial charge in [0.25, 0.3) is 5.91 Å². The number of halogens is 2. The van der Waals surface area contributed by atoms with Crippen LogP contribution in [0.2, 0.25) is 0 Å². The molecule has 1 amide bonds. The molecule has 0 radical (unpaired) electrons. The Hall–Kier alpha value is -1.01. The molecule has 0 aliphatic rings. The molecule has 0 aliphatic carbocycles. The lowest BCUT2D eigenvalue weighted by atomic mass is 10.1. The maximum atomic E-state index is 13.2. The summed E-state index contributed by atoms with van der Waals surface area (Å²) < 4.78 is 13.8. The van der Waals surface area contributed by atoms with Gasteiger partial charge in [0.15, 0.2) is 0 Å². The number of carbonyl (C=O) groups is 1. The number of carbonyl (C=O) groups excluding carboxylic acids is 1. The first-order chi connectivity index (χ1) is 8.31. The molecule has 0 saturated carbocycles. The van der Waals surface area contributed by atoms with Crippen molar-refractivity contribution in [2.45, 2.75) is 19.4 Å². The average Bonchev–Trinajstić information content (AvgIpc) is 2.24. The molecule has 0 aliphatic heterocycles. The molecule has 0 spiro atoms. The Morgan fingerprint density at radius 1 is 1.56 bits per heavy atom. The van der Waals surface area contributed by atoms with Crippen LogP contribution in [0.4, 0.5) is 4.39 Å². The van der Waals surface area contributed by atoms with E-state index in [4.69, 9.17) is 18.0 Å². The lowest BCUT2D eigenvalue weighted by molar-refractivity contribution is 0.0747. The van der Waals surface area contributed by atoms with E-state index in [9.17, 15) is 9.18 Å². The van der Waals surface area contributed by atoms with Gasteiger partial charge in [-0.15, -0.1) is 0 Å². The molecule has 1 unspecified atom stereocenters. The number of rotatable bonds is 4. The zero-order chi connectivity index (χ0) is 13.9. The van der Waals surface area contributed by atoms with E-state index >= 15 is 0 Å². The molecule has 0 heterocycles. The summed E-state index contributed by atoms with van der Waals surface area (Å²) in [6, 6.07) is 3.96. The van der Waals surface area contributed by atoms with Gasteiger partial charge in [-0.25, -0.2) is 4.39 Å². The monoisotopic (exact) mass is 332 g/mol. The van der Waals surface area contributed by atoms with Crippen LogP contribution in [0.1, 0.15) is 23.7 Å². The van der Waals surface area contributed by atoms with Crippen LogP contribution in [-0.4, -0.2) is 28.9 Å². The highest BCUT2D eigenvalue weighted by molar-refractivity contribution is 9.10. The molecular formula is C12H14BrFN2OS. The van der Waals surface area contributed by atoms with Crippen LogP contribution in [0.3, 0.4) is 0 Å². The van der Waals surface area contributed by atoms with Crippen LogP contribution in [0.15, 0.2) is 22.7 Å². The molecule has 1 aromatic carbocycles. The number of thiocarbonyl (C=S) groups is 1. The van der Waals surface area contributed by atoms with E-state index < -0.39 is 5.82 Å². The molecule has 98 valence electrons. The van der Waals surface area contributed by atoms with Crippen LogP contribution < -0.4 is 5.73 Å². The summed E-state index contributed by atoms with van der Waals surface area (Å²) in [5.41, 5.74) is 5.74. The van der Waals surface area contributed by atoms with Crippen molar-refractivity contribution >= 4 is 39.0 Å². The molecule has 0 saturated heterocycles. The van der Waals surface area contributed by atoms with Gasteiger partial charge < -0.3 is 10.6 Å². The molecule has 1 rings (SSSR count). The van der Waals surface area contributed by atoms with Crippen LogP contribution >= 0.6 is 28.1 Å². The Balaban J connectivity index is 2.89. The highest BCUT2D eigenvalue weighted by Gasteiger charge is 2.18. The topological polar surface area (TPSA) is 46.3 Å². The number of nitrogens with zero attached hydrogens (tertiary/aromatic N) is 1. The van der Waals surface area contributed by atoms with Gasteiger partial charge in [-0.3, -0.25) is 4.79 Å². The van der Waals surface area contributed by atoms with Gasteiger partial charge in [-0.1, -0.05) is 28.1 Å². The predicted octanol–water partition coefficient (Wildman–Crippen LogP) is 2.72. The lowest BCUT2D eigenvalue weighted by Gasteiger charge is -2.24. The van der Waals surface area contributed by atoms with Gasteiger partial charge >= 0.3 is 0 Å². The lowest BCUT2D eigenvalue weighted by Crippen LogP contribution is -2.37. The van der Waals surface area contributed by atoms with E-state index in [1.807, 2.05) is 6.92 Å². The minimum absolute atomic E-state index is 0.128. The molecule has 3 nitrogen and oxygen atoms in total.